The van der Waals surface area contributed by atoms with E-state index in [9.17, 15) is 9.59 Å². The lowest BCUT2D eigenvalue weighted by molar-refractivity contribution is -0.123. The number of amides is 1. The summed E-state index contributed by atoms with van der Waals surface area (Å²) in [6.07, 6.45) is 2.44. The van der Waals surface area contributed by atoms with E-state index in [2.05, 4.69) is 10.4 Å². The van der Waals surface area contributed by atoms with Gasteiger partial charge in [-0.2, -0.15) is 5.10 Å². The average molecular weight is 356 g/mol. The first-order valence-electron chi connectivity index (χ1n) is 8.86. The van der Waals surface area contributed by atoms with E-state index in [0.29, 0.717) is 25.3 Å². The second-order valence-electron chi connectivity index (χ2n) is 6.24. The minimum absolute atomic E-state index is 0.122. The van der Waals surface area contributed by atoms with Crippen LogP contribution in [0.4, 0.5) is 0 Å². The Morgan fingerprint density at radius 1 is 1.31 bits per heavy atom. The molecule has 0 unspecified atom stereocenters. The third kappa shape index (κ3) is 3.22. The highest BCUT2D eigenvalue weighted by molar-refractivity contribution is 6.08. The summed E-state index contributed by atoms with van der Waals surface area (Å²) in [5, 5.41) is 8.74. The summed E-state index contributed by atoms with van der Waals surface area (Å²) < 4.78 is 8.39. The van der Waals surface area contributed by atoms with Crippen molar-refractivity contribution in [1.82, 2.24) is 19.7 Å². The van der Waals surface area contributed by atoms with E-state index >= 15 is 0 Å². The minimum atomic E-state index is -0.514. The molecule has 1 aromatic carbocycles. The third-order valence-electron chi connectivity index (χ3n) is 4.54. The molecule has 1 atom stereocenters. The summed E-state index contributed by atoms with van der Waals surface area (Å²) in [4.78, 5) is 25.4. The van der Waals surface area contributed by atoms with Crippen molar-refractivity contribution < 1.29 is 9.53 Å². The van der Waals surface area contributed by atoms with Gasteiger partial charge in [0.05, 0.1) is 11.7 Å². The van der Waals surface area contributed by atoms with Gasteiger partial charge in [0.25, 0.3) is 5.56 Å². The van der Waals surface area contributed by atoms with Crippen molar-refractivity contribution in [3.63, 3.8) is 0 Å². The van der Waals surface area contributed by atoms with Gasteiger partial charge in [-0.25, -0.2) is 4.68 Å². The number of rotatable bonds is 7. The lowest BCUT2D eigenvalue weighted by Gasteiger charge is -2.16. The Morgan fingerprint density at radius 2 is 2.08 bits per heavy atom. The first-order chi connectivity index (χ1) is 12.6. The Bertz CT molecular complexity index is 990. The first kappa shape index (κ1) is 18.1. The standard InChI is InChI=1S/C19H24N4O3/c1-4-26-11-7-10-20-18(24)13(2)23-16-9-6-5-8-14(16)15-12-21-22(3)19(25)17(15)23/h5-6,8-9,12-13H,4,7,10-11H2,1-3H3,(H,20,24)/t13-/m1/s1. The normalized spacial score (nSPS) is 12.6. The van der Waals surface area contributed by atoms with Gasteiger partial charge in [0.2, 0.25) is 5.91 Å². The number of hydrogen-bond donors (Lipinski definition) is 1. The fraction of sp³-hybridized carbons (Fsp3) is 0.421. The number of ether oxygens (including phenoxy) is 1. The van der Waals surface area contributed by atoms with Crippen molar-refractivity contribution >= 4 is 27.7 Å². The Kier molecular flexibility index (Phi) is 5.37. The number of nitrogens with one attached hydrogen (secondary N) is 1. The van der Waals surface area contributed by atoms with Crippen LogP contribution in [0.5, 0.6) is 0 Å². The predicted octanol–water partition coefficient (Wildman–Crippen LogP) is 1.99. The first-order valence-corrected chi connectivity index (χ1v) is 8.86. The number of carbonyl (C=O) groups excluding carboxylic acids is 1. The monoisotopic (exact) mass is 356 g/mol. The fourth-order valence-corrected chi connectivity index (χ4v) is 3.19. The second-order valence-corrected chi connectivity index (χ2v) is 6.24. The highest BCUT2D eigenvalue weighted by Gasteiger charge is 2.22. The summed E-state index contributed by atoms with van der Waals surface area (Å²) in [5.41, 5.74) is 1.14. The van der Waals surface area contributed by atoms with Gasteiger partial charge >= 0.3 is 0 Å². The Balaban J connectivity index is 1.98. The summed E-state index contributed by atoms with van der Waals surface area (Å²) in [6.45, 7) is 5.58. The topological polar surface area (TPSA) is 78.2 Å². The molecule has 0 saturated carbocycles. The van der Waals surface area contributed by atoms with Crippen LogP contribution in [0.25, 0.3) is 21.8 Å². The number of aryl methyl sites for hydroxylation is 1. The molecule has 7 heteroatoms. The predicted molar refractivity (Wildman–Crippen MR) is 101 cm³/mol. The molecule has 0 bridgehead atoms. The van der Waals surface area contributed by atoms with Crippen molar-refractivity contribution in [2.75, 3.05) is 19.8 Å². The van der Waals surface area contributed by atoms with Crippen molar-refractivity contribution in [3.8, 4) is 0 Å². The van der Waals surface area contributed by atoms with E-state index in [-0.39, 0.29) is 11.5 Å². The van der Waals surface area contributed by atoms with Gasteiger partial charge in [0.15, 0.2) is 0 Å². The minimum Gasteiger partial charge on any atom is -0.382 e. The Hall–Kier alpha value is -2.67. The quantitative estimate of drug-likeness (QED) is 0.657. The molecule has 138 valence electrons. The van der Waals surface area contributed by atoms with Crippen LogP contribution in [0.15, 0.2) is 35.3 Å². The molecule has 2 aromatic heterocycles. The van der Waals surface area contributed by atoms with Crippen LogP contribution in [0.3, 0.4) is 0 Å². The van der Waals surface area contributed by atoms with Gasteiger partial charge in [-0.3, -0.25) is 9.59 Å². The van der Waals surface area contributed by atoms with Crippen molar-refractivity contribution in [2.45, 2.75) is 26.3 Å². The molecule has 0 aliphatic rings. The van der Waals surface area contributed by atoms with Gasteiger partial charge in [-0.15, -0.1) is 0 Å². The van der Waals surface area contributed by atoms with E-state index < -0.39 is 6.04 Å². The van der Waals surface area contributed by atoms with E-state index in [1.165, 1.54) is 4.68 Å². The lowest BCUT2D eigenvalue weighted by Crippen LogP contribution is -2.33. The van der Waals surface area contributed by atoms with Crippen molar-refractivity contribution in [2.24, 2.45) is 7.05 Å². The molecular weight excluding hydrogens is 332 g/mol. The van der Waals surface area contributed by atoms with Crippen LogP contribution in [0.2, 0.25) is 0 Å². The maximum atomic E-state index is 12.7. The molecule has 0 aliphatic heterocycles. The highest BCUT2D eigenvalue weighted by Crippen LogP contribution is 2.29. The number of benzene rings is 1. The van der Waals surface area contributed by atoms with Gasteiger partial charge < -0.3 is 14.6 Å². The van der Waals surface area contributed by atoms with Crippen LogP contribution >= 0.6 is 0 Å². The molecule has 26 heavy (non-hydrogen) atoms. The number of carbonyl (C=O) groups is 1. The second kappa shape index (κ2) is 7.70. The Labute approximate surface area is 151 Å². The smallest absolute Gasteiger partial charge is 0.291 e. The zero-order valence-electron chi connectivity index (χ0n) is 15.4. The van der Waals surface area contributed by atoms with Gasteiger partial charge in [0, 0.05) is 37.6 Å². The zero-order chi connectivity index (χ0) is 18.7. The molecule has 0 spiro atoms. The van der Waals surface area contributed by atoms with Crippen molar-refractivity contribution in [3.05, 3.63) is 40.8 Å². The van der Waals surface area contributed by atoms with Crippen LogP contribution in [0, 0.1) is 0 Å². The number of hydrogen-bond acceptors (Lipinski definition) is 4. The number of aromatic nitrogens is 3. The largest absolute Gasteiger partial charge is 0.382 e. The van der Waals surface area contributed by atoms with Crippen LogP contribution < -0.4 is 10.9 Å². The molecule has 2 heterocycles. The maximum absolute atomic E-state index is 12.7. The molecule has 0 saturated heterocycles. The van der Waals surface area contributed by atoms with Gasteiger partial charge in [-0.1, -0.05) is 18.2 Å². The molecular formula is C19H24N4O3. The molecule has 0 radical (unpaired) electrons. The maximum Gasteiger partial charge on any atom is 0.291 e. The molecule has 3 aromatic rings. The van der Waals surface area contributed by atoms with Crippen molar-refractivity contribution in [1.29, 1.82) is 0 Å². The Morgan fingerprint density at radius 3 is 2.85 bits per heavy atom. The summed E-state index contributed by atoms with van der Waals surface area (Å²) in [7, 11) is 1.61. The van der Waals surface area contributed by atoms with Gasteiger partial charge in [-0.05, 0) is 26.3 Å². The van der Waals surface area contributed by atoms with Crippen LogP contribution in [-0.2, 0) is 16.6 Å². The fourth-order valence-electron chi connectivity index (χ4n) is 3.19. The molecule has 1 amide bonds. The molecule has 3 rings (SSSR count). The SMILES string of the molecule is CCOCCCNC(=O)[C@@H](C)n1c2ccccc2c2cnn(C)c(=O)c21. The van der Waals surface area contributed by atoms with E-state index in [4.69, 9.17) is 4.74 Å². The van der Waals surface area contributed by atoms with E-state index in [0.717, 1.165) is 22.7 Å². The summed E-state index contributed by atoms with van der Waals surface area (Å²) in [6, 6.07) is 7.18. The molecule has 1 N–H and O–H groups in total. The van der Waals surface area contributed by atoms with Crippen LogP contribution in [0.1, 0.15) is 26.3 Å². The molecule has 0 fully saturated rings. The van der Waals surface area contributed by atoms with E-state index in [1.807, 2.05) is 42.7 Å². The summed E-state index contributed by atoms with van der Waals surface area (Å²) >= 11 is 0. The van der Waals surface area contributed by atoms with E-state index in [1.54, 1.807) is 13.2 Å². The third-order valence-corrected chi connectivity index (χ3v) is 4.54. The number of para-hydroxylation sites is 1. The molecule has 7 nitrogen and oxygen atoms in total. The zero-order valence-corrected chi connectivity index (χ0v) is 15.4. The van der Waals surface area contributed by atoms with Crippen LogP contribution in [-0.4, -0.2) is 40.0 Å². The summed E-state index contributed by atoms with van der Waals surface area (Å²) in [5.74, 6) is -0.122. The highest BCUT2D eigenvalue weighted by atomic mass is 16.5. The number of fused-ring (bicyclic) bond motifs is 3. The number of nitrogens with zero attached hydrogens (tertiary/aromatic N) is 3. The lowest BCUT2D eigenvalue weighted by atomic mass is 10.2. The average Bonchev–Trinajstić information content (AvgIpc) is 2.99. The molecule has 0 aliphatic carbocycles. The van der Waals surface area contributed by atoms with Gasteiger partial charge in [0.1, 0.15) is 11.6 Å².